The van der Waals surface area contributed by atoms with Gasteiger partial charge in [-0.05, 0) is 32.9 Å². The van der Waals surface area contributed by atoms with Gasteiger partial charge < -0.3 is 9.88 Å². The molecule has 0 atom stereocenters. The average molecular weight is 253 g/mol. The normalized spacial score (nSPS) is 10.8. The van der Waals surface area contributed by atoms with E-state index in [1.165, 1.54) is 15.2 Å². The smallest absolute Gasteiger partial charge is 0.317 e. The summed E-state index contributed by atoms with van der Waals surface area (Å²) in [6, 6.07) is 1.51. The van der Waals surface area contributed by atoms with E-state index >= 15 is 0 Å². The van der Waals surface area contributed by atoms with E-state index in [1.807, 2.05) is 0 Å². The Labute approximate surface area is 107 Å². The maximum Gasteiger partial charge on any atom is 0.330 e. The number of hydrogen-bond acceptors (Lipinski definition) is 3. The zero-order valence-corrected chi connectivity index (χ0v) is 11.5. The molecule has 1 aromatic rings. The third-order valence-electron chi connectivity index (χ3n) is 3.13. The molecular weight excluding hydrogens is 230 g/mol. The summed E-state index contributed by atoms with van der Waals surface area (Å²) in [5.74, 6) is 0. The summed E-state index contributed by atoms with van der Waals surface area (Å²) in [5, 5.41) is 3.25. The van der Waals surface area contributed by atoms with Gasteiger partial charge in [0.15, 0.2) is 0 Å². The first kappa shape index (κ1) is 14.7. The summed E-state index contributed by atoms with van der Waals surface area (Å²) in [6.07, 6.45) is 2.97. The van der Waals surface area contributed by atoms with Gasteiger partial charge in [-0.2, -0.15) is 0 Å². The zero-order valence-electron chi connectivity index (χ0n) is 11.5. The second kappa shape index (κ2) is 7.16. The van der Waals surface area contributed by atoms with Crippen molar-refractivity contribution in [2.45, 2.75) is 39.7 Å². The Kier molecular flexibility index (Phi) is 5.85. The SMILES string of the molecule is CCNCCCCCn1c(=O)cc(C)n(C)c1=O. The minimum Gasteiger partial charge on any atom is -0.317 e. The minimum atomic E-state index is -0.216. The monoisotopic (exact) mass is 253 g/mol. The van der Waals surface area contributed by atoms with Crippen LogP contribution in [0.3, 0.4) is 0 Å². The van der Waals surface area contributed by atoms with E-state index in [1.54, 1.807) is 14.0 Å². The summed E-state index contributed by atoms with van der Waals surface area (Å²) >= 11 is 0. The first-order valence-electron chi connectivity index (χ1n) is 6.56. The van der Waals surface area contributed by atoms with Crippen LogP contribution in [0, 0.1) is 6.92 Å². The Bertz CT molecular complexity index is 488. The molecule has 0 fully saturated rings. The molecule has 18 heavy (non-hydrogen) atoms. The van der Waals surface area contributed by atoms with Crippen molar-refractivity contribution >= 4 is 0 Å². The van der Waals surface area contributed by atoms with E-state index in [0.717, 1.165) is 32.4 Å². The molecule has 0 aliphatic heterocycles. The molecule has 5 nitrogen and oxygen atoms in total. The van der Waals surface area contributed by atoms with Gasteiger partial charge in [-0.15, -0.1) is 0 Å². The summed E-state index contributed by atoms with van der Waals surface area (Å²) < 4.78 is 2.83. The molecule has 0 aliphatic rings. The fourth-order valence-corrected chi connectivity index (χ4v) is 1.86. The maximum atomic E-state index is 11.9. The maximum absolute atomic E-state index is 11.9. The van der Waals surface area contributed by atoms with Crippen LogP contribution in [0.2, 0.25) is 0 Å². The van der Waals surface area contributed by atoms with Gasteiger partial charge in [0.1, 0.15) is 0 Å². The van der Waals surface area contributed by atoms with Crippen LogP contribution in [-0.2, 0) is 13.6 Å². The quantitative estimate of drug-likeness (QED) is 0.725. The summed E-state index contributed by atoms with van der Waals surface area (Å²) in [6.45, 7) is 6.34. The molecule has 5 heteroatoms. The molecule has 0 amide bonds. The van der Waals surface area contributed by atoms with Gasteiger partial charge in [-0.3, -0.25) is 9.36 Å². The van der Waals surface area contributed by atoms with Gasteiger partial charge in [0.05, 0.1) is 0 Å². The second-order valence-corrected chi connectivity index (χ2v) is 4.53. The number of aromatic nitrogens is 2. The Hall–Kier alpha value is -1.36. The van der Waals surface area contributed by atoms with Crippen molar-refractivity contribution in [2.24, 2.45) is 7.05 Å². The molecule has 1 aromatic heterocycles. The van der Waals surface area contributed by atoms with Crippen LogP contribution in [0.25, 0.3) is 0 Å². The Morgan fingerprint density at radius 2 is 1.94 bits per heavy atom. The molecule has 1 N–H and O–H groups in total. The summed E-state index contributed by atoms with van der Waals surface area (Å²) in [4.78, 5) is 23.6. The van der Waals surface area contributed by atoms with Crippen molar-refractivity contribution in [1.82, 2.24) is 14.5 Å². The van der Waals surface area contributed by atoms with Crippen LogP contribution in [0.5, 0.6) is 0 Å². The van der Waals surface area contributed by atoms with Crippen molar-refractivity contribution in [2.75, 3.05) is 13.1 Å². The van der Waals surface area contributed by atoms with E-state index < -0.39 is 0 Å². The van der Waals surface area contributed by atoms with Crippen LogP contribution < -0.4 is 16.6 Å². The van der Waals surface area contributed by atoms with Crippen molar-refractivity contribution < 1.29 is 0 Å². The van der Waals surface area contributed by atoms with E-state index in [-0.39, 0.29) is 11.2 Å². The standard InChI is InChI=1S/C13H23N3O2/c1-4-14-8-6-5-7-9-16-12(17)10-11(2)15(3)13(16)18/h10,14H,4-9H2,1-3H3. The van der Waals surface area contributed by atoms with Crippen LogP contribution >= 0.6 is 0 Å². The van der Waals surface area contributed by atoms with Crippen LogP contribution in [-0.4, -0.2) is 22.2 Å². The molecule has 102 valence electrons. The van der Waals surface area contributed by atoms with E-state index in [0.29, 0.717) is 12.2 Å². The van der Waals surface area contributed by atoms with Gasteiger partial charge in [-0.25, -0.2) is 4.79 Å². The van der Waals surface area contributed by atoms with E-state index in [4.69, 9.17) is 0 Å². The number of aryl methyl sites for hydroxylation is 1. The molecule has 0 unspecified atom stereocenters. The fourth-order valence-electron chi connectivity index (χ4n) is 1.86. The third kappa shape index (κ3) is 3.84. The molecule has 0 aromatic carbocycles. The lowest BCUT2D eigenvalue weighted by Crippen LogP contribution is -2.39. The Morgan fingerprint density at radius 3 is 2.61 bits per heavy atom. The van der Waals surface area contributed by atoms with E-state index in [2.05, 4.69) is 12.2 Å². The molecule has 0 saturated carbocycles. The lowest BCUT2D eigenvalue weighted by molar-refractivity contribution is 0.522. The van der Waals surface area contributed by atoms with Crippen molar-refractivity contribution in [3.05, 3.63) is 32.6 Å². The molecule has 1 rings (SSSR count). The fraction of sp³-hybridized carbons (Fsp3) is 0.692. The molecule has 0 saturated heterocycles. The van der Waals surface area contributed by atoms with Crippen molar-refractivity contribution in [3.63, 3.8) is 0 Å². The van der Waals surface area contributed by atoms with Crippen molar-refractivity contribution in [1.29, 1.82) is 0 Å². The molecule has 0 radical (unpaired) electrons. The van der Waals surface area contributed by atoms with Gasteiger partial charge in [0.25, 0.3) is 5.56 Å². The lowest BCUT2D eigenvalue weighted by atomic mass is 10.2. The average Bonchev–Trinajstić information content (AvgIpc) is 2.34. The highest BCUT2D eigenvalue weighted by atomic mass is 16.2. The van der Waals surface area contributed by atoms with E-state index in [9.17, 15) is 9.59 Å². The van der Waals surface area contributed by atoms with Crippen LogP contribution in [0.15, 0.2) is 15.7 Å². The third-order valence-corrected chi connectivity index (χ3v) is 3.13. The first-order chi connectivity index (χ1) is 8.57. The van der Waals surface area contributed by atoms with Crippen LogP contribution in [0.1, 0.15) is 31.9 Å². The zero-order chi connectivity index (χ0) is 13.5. The molecule has 1 heterocycles. The van der Waals surface area contributed by atoms with Gasteiger partial charge in [0, 0.05) is 25.4 Å². The number of unbranched alkanes of at least 4 members (excludes halogenated alkanes) is 2. The highest BCUT2D eigenvalue weighted by Gasteiger charge is 2.05. The molecular formula is C13H23N3O2. The van der Waals surface area contributed by atoms with Crippen molar-refractivity contribution in [3.8, 4) is 0 Å². The van der Waals surface area contributed by atoms with Gasteiger partial charge in [-0.1, -0.05) is 13.3 Å². The second-order valence-electron chi connectivity index (χ2n) is 4.53. The minimum absolute atomic E-state index is 0.192. The number of hydrogen-bond donors (Lipinski definition) is 1. The highest BCUT2D eigenvalue weighted by Crippen LogP contribution is 1.96. The number of nitrogens with one attached hydrogen (secondary N) is 1. The predicted octanol–water partition coefficient (Wildman–Crippen LogP) is 0.635. The topological polar surface area (TPSA) is 56.0 Å². The predicted molar refractivity (Wildman–Crippen MR) is 73.1 cm³/mol. The lowest BCUT2D eigenvalue weighted by Gasteiger charge is -2.09. The largest absolute Gasteiger partial charge is 0.330 e. The molecule has 0 aliphatic carbocycles. The Morgan fingerprint density at radius 1 is 1.22 bits per heavy atom. The molecule has 0 bridgehead atoms. The van der Waals surface area contributed by atoms with Gasteiger partial charge in [0.2, 0.25) is 0 Å². The first-order valence-corrected chi connectivity index (χ1v) is 6.56. The molecule has 0 spiro atoms. The number of rotatable bonds is 7. The van der Waals surface area contributed by atoms with Gasteiger partial charge >= 0.3 is 5.69 Å². The summed E-state index contributed by atoms with van der Waals surface area (Å²) in [5.41, 5.74) is 0.294. The summed E-state index contributed by atoms with van der Waals surface area (Å²) in [7, 11) is 1.69. The highest BCUT2D eigenvalue weighted by molar-refractivity contribution is 4.99. The Balaban J connectivity index is 2.56. The van der Waals surface area contributed by atoms with Crippen LogP contribution in [0.4, 0.5) is 0 Å². The number of nitrogens with zero attached hydrogens (tertiary/aromatic N) is 2.